The molecule has 0 unspecified atom stereocenters. The predicted octanol–water partition coefficient (Wildman–Crippen LogP) is 4.48. The van der Waals surface area contributed by atoms with Gasteiger partial charge in [-0.15, -0.1) is 0 Å². The van der Waals surface area contributed by atoms with Gasteiger partial charge in [-0.25, -0.2) is 0 Å². The molecule has 6 nitrogen and oxygen atoms in total. The Bertz CT molecular complexity index is 352. The fourth-order valence-electron chi connectivity index (χ4n) is 2.95. The SMILES string of the molecule is CCCCCCCCCCCCCCCC(N)=O.NCCCC[C@H](N)C(=O)O. The Morgan fingerprint density at radius 3 is 1.54 bits per heavy atom. The highest BCUT2D eigenvalue weighted by Gasteiger charge is 2.09. The number of hydrogen-bond acceptors (Lipinski definition) is 4. The van der Waals surface area contributed by atoms with Gasteiger partial charge in [-0.1, -0.05) is 90.4 Å². The number of hydrogen-bond donors (Lipinski definition) is 4. The van der Waals surface area contributed by atoms with E-state index in [1.54, 1.807) is 0 Å². The molecule has 0 bridgehead atoms. The van der Waals surface area contributed by atoms with Gasteiger partial charge >= 0.3 is 5.97 Å². The highest BCUT2D eigenvalue weighted by molar-refractivity contribution is 5.73. The minimum absolute atomic E-state index is 0.155. The second kappa shape index (κ2) is 23.9. The van der Waals surface area contributed by atoms with E-state index in [1.165, 1.54) is 77.0 Å². The van der Waals surface area contributed by atoms with Crippen LogP contribution in [0.3, 0.4) is 0 Å². The summed E-state index contributed by atoms with van der Waals surface area (Å²) in [5, 5.41) is 8.33. The van der Waals surface area contributed by atoms with Gasteiger partial charge < -0.3 is 22.3 Å². The van der Waals surface area contributed by atoms with Crippen LogP contribution in [0.25, 0.3) is 0 Å². The van der Waals surface area contributed by atoms with Gasteiger partial charge in [0.2, 0.25) is 5.91 Å². The van der Waals surface area contributed by atoms with Gasteiger partial charge in [-0.05, 0) is 25.8 Å². The molecule has 1 atom stereocenters. The van der Waals surface area contributed by atoms with Crippen molar-refractivity contribution in [2.75, 3.05) is 6.54 Å². The Labute approximate surface area is 173 Å². The molecule has 0 aliphatic heterocycles. The summed E-state index contributed by atoms with van der Waals surface area (Å²) in [5.74, 6) is -1.09. The van der Waals surface area contributed by atoms with E-state index in [2.05, 4.69) is 6.92 Å². The summed E-state index contributed by atoms with van der Waals surface area (Å²) in [7, 11) is 0. The maximum atomic E-state index is 10.5. The summed E-state index contributed by atoms with van der Waals surface area (Å²) in [6.07, 6.45) is 20.1. The summed E-state index contributed by atoms with van der Waals surface area (Å²) in [6, 6.07) is -0.716. The first-order chi connectivity index (χ1) is 13.5. The number of carbonyl (C=O) groups excluding carboxylic acids is 1. The van der Waals surface area contributed by atoms with Crippen LogP contribution in [-0.4, -0.2) is 29.6 Å². The van der Waals surface area contributed by atoms with Gasteiger partial charge in [0.05, 0.1) is 0 Å². The monoisotopic (exact) mass is 401 g/mol. The van der Waals surface area contributed by atoms with Crippen LogP contribution in [0.5, 0.6) is 0 Å². The van der Waals surface area contributed by atoms with Crippen LogP contribution in [0.1, 0.15) is 116 Å². The summed E-state index contributed by atoms with van der Waals surface area (Å²) in [4.78, 5) is 20.7. The zero-order valence-corrected chi connectivity index (χ0v) is 18.3. The molecule has 0 saturated heterocycles. The lowest BCUT2D eigenvalue weighted by molar-refractivity contribution is -0.138. The molecule has 0 aromatic carbocycles. The second-order valence-electron chi connectivity index (χ2n) is 7.69. The molecular formula is C22H47N3O3. The molecule has 7 N–H and O–H groups in total. The number of carboxylic acid groups (broad SMARTS) is 1. The van der Waals surface area contributed by atoms with E-state index < -0.39 is 12.0 Å². The number of carboxylic acids is 1. The molecule has 0 rings (SSSR count). The van der Waals surface area contributed by atoms with E-state index >= 15 is 0 Å². The largest absolute Gasteiger partial charge is 0.480 e. The minimum atomic E-state index is -0.933. The molecule has 0 aromatic heterocycles. The molecule has 0 spiro atoms. The zero-order chi connectivity index (χ0) is 21.5. The average molecular weight is 402 g/mol. The summed E-state index contributed by atoms with van der Waals surface area (Å²) < 4.78 is 0. The molecule has 1 amide bonds. The van der Waals surface area contributed by atoms with Crippen molar-refractivity contribution in [2.24, 2.45) is 17.2 Å². The lowest BCUT2D eigenvalue weighted by Crippen LogP contribution is -2.29. The molecule has 0 aromatic rings. The van der Waals surface area contributed by atoms with E-state index in [9.17, 15) is 9.59 Å². The molecule has 0 heterocycles. The predicted molar refractivity (Wildman–Crippen MR) is 118 cm³/mol. The van der Waals surface area contributed by atoms with Crippen molar-refractivity contribution in [1.29, 1.82) is 0 Å². The molecule has 28 heavy (non-hydrogen) atoms. The lowest BCUT2D eigenvalue weighted by Gasteiger charge is -2.03. The number of amides is 1. The van der Waals surface area contributed by atoms with Gasteiger partial charge in [0.1, 0.15) is 6.04 Å². The van der Waals surface area contributed by atoms with Crippen LogP contribution in [0.15, 0.2) is 0 Å². The minimum Gasteiger partial charge on any atom is -0.480 e. The van der Waals surface area contributed by atoms with Gasteiger partial charge in [0, 0.05) is 6.42 Å². The molecule has 0 saturated carbocycles. The Morgan fingerprint density at radius 1 is 0.750 bits per heavy atom. The van der Waals surface area contributed by atoms with E-state index in [0.717, 1.165) is 19.3 Å². The Kier molecular flexibility index (Phi) is 24.8. The van der Waals surface area contributed by atoms with Gasteiger partial charge in [0.15, 0.2) is 0 Å². The number of primary amides is 1. The third-order valence-corrected chi connectivity index (χ3v) is 4.81. The van der Waals surface area contributed by atoms with Crippen LogP contribution in [0.4, 0.5) is 0 Å². The molecule has 0 fully saturated rings. The van der Waals surface area contributed by atoms with Crippen molar-refractivity contribution in [3.8, 4) is 0 Å². The van der Waals surface area contributed by atoms with Crippen molar-refractivity contribution >= 4 is 11.9 Å². The van der Waals surface area contributed by atoms with Crippen molar-refractivity contribution in [3.63, 3.8) is 0 Å². The molecule has 0 aliphatic carbocycles. The summed E-state index contributed by atoms with van der Waals surface area (Å²) in [6.45, 7) is 2.87. The van der Waals surface area contributed by atoms with E-state index in [0.29, 0.717) is 19.4 Å². The normalized spacial score (nSPS) is 11.5. The van der Waals surface area contributed by atoms with Crippen LogP contribution in [0, 0.1) is 0 Å². The average Bonchev–Trinajstić information content (AvgIpc) is 2.66. The molecule has 168 valence electrons. The third kappa shape index (κ3) is 27.1. The van der Waals surface area contributed by atoms with Crippen LogP contribution >= 0.6 is 0 Å². The number of aliphatic carboxylic acids is 1. The van der Waals surface area contributed by atoms with E-state index in [4.69, 9.17) is 22.3 Å². The maximum Gasteiger partial charge on any atom is 0.320 e. The molecule has 0 aliphatic rings. The highest BCUT2D eigenvalue weighted by atomic mass is 16.4. The second-order valence-corrected chi connectivity index (χ2v) is 7.69. The summed E-state index contributed by atoms with van der Waals surface area (Å²) in [5.41, 5.74) is 15.5. The quantitative estimate of drug-likeness (QED) is 0.237. The molecule has 6 heteroatoms. The molecule has 0 radical (unpaired) electrons. The van der Waals surface area contributed by atoms with Crippen molar-refractivity contribution < 1.29 is 14.7 Å². The van der Waals surface area contributed by atoms with Gasteiger partial charge in [-0.2, -0.15) is 0 Å². The maximum absolute atomic E-state index is 10.5. The van der Waals surface area contributed by atoms with E-state index in [-0.39, 0.29) is 5.91 Å². The van der Waals surface area contributed by atoms with Crippen LogP contribution in [-0.2, 0) is 9.59 Å². The first-order valence-electron chi connectivity index (χ1n) is 11.4. The topological polar surface area (TPSA) is 132 Å². The Morgan fingerprint density at radius 2 is 1.18 bits per heavy atom. The fraction of sp³-hybridized carbons (Fsp3) is 0.909. The number of nitrogens with two attached hydrogens (primary N) is 3. The van der Waals surface area contributed by atoms with E-state index in [1.807, 2.05) is 0 Å². The van der Waals surface area contributed by atoms with Crippen LogP contribution < -0.4 is 17.2 Å². The standard InChI is InChI=1S/C16H33NO.C6H14N2O2/c1-2-3-4-5-6-7-8-9-10-11-12-13-14-15-16(17)18;7-4-2-1-3-5(8)6(9)10/h2-15H2,1H3,(H2,17,18);5H,1-4,7-8H2,(H,9,10)/t;5-/m.0/s1. The third-order valence-electron chi connectivity index (χ3n) is 4.81. The number of rotatable bonds is 19. The fourth-order valence-corrected chi connectivity index (χ4v) is 2.95. The number of carbonyl (C=O) groups is 2. The lowest BCUT2D eigenvalue weighted by atomic mass is 10.0. The number of unbranched alkanes of at least 4 members (excludes halogenated alkanes) is 13. The van der Waals surface area contributed by atoms with Gasteiger partial charge in [-0.3, -0.25) is 9.59 Å². The zero-order valence-electron chi connectivity index (χ0n) is 18.3. The smallest absolute Gasteiger partial charge is 0.320 e. The first kappa shape index (κ1) is 29.1. The Hall–Kier alpha value is -1.14. The first-order valence-corrected chi connectivity index (χ1v) is 11.4. The van der Waals surface area contributed by atoms with Gasteiger partial charge in [0.25, 0.3) is 0 Å². The van der Waals surface area contributed by atoms with Crippen molar-refractivity contribution in [2.45, 2.75) is 122 Å². The van der Waals surface area contributed by atoms with Crippen molar-refractivity contribution in [1.82, 2.24) is 0 Å². The van der Waals surface area contributed by atoms with Crippen molar-refractivity contribution in [3.05, 3.63) is 0 Å². The highest BCUT2D eigenvalue weighted by Crippen LogP contribution is 2.12. The summed E-state index contributed by atoms with van der Waals surface area (Å²) >= 11 is 0. The van der Waals surface area contributed by atoms with Crippen LogP contribution in [0.2, 0.25) is 0 Å². The Balaban J connectivity index is 0. The molecular weight excluding hydrogens is 354 g/mol.